The lowest BCUT2D eigenvalue weighted by atomic mass is 9.94. The van der Waals surface area contributed by atoms with Crippen LogP contribution in [0.15, 0.2) is 18.2 Å². The van der Waals surface area contributed by atoms with E-state index >= 15 is 0 Å². The fraction of sp³-hybridized carbons (Fsp3) is 0.533. The van der Waals surface area contributed by atoms with E-state index in [2.05, 4.69) is 5.32 Å². The third-order valence-electron chi connectivity index (χ3n) is 2.77. The minimum atomic E-state index is -0.933. The summed E-state index contributed by atoms with van der Waals surface area (Å²) in [6, 6.07) is 4.79. The van der Waals surface area contributed by atoms with Crippen molar-refractivity contribution in [3.8, 4) is 5.75 Å². The van der Waals surface area contributed by atoms with Crippen molar-refractivity contribution in [2.45, 2.75) is 32.8 Å². The average Bonchev–Trinajstić information content (AvgIpc) is 2.36. The minimum Gasteiger partial charge on any atom is -0.482 e. The third kappa shape index (κ3) is 7.02. The summed E-state index contributed by atoms with van der Waals surface area (Å²) in [5.41, 5.74) is -0.933. The highest BCUT2D eigenvalue weighted by Gasteiger charge is 2.22. The zero-order valence-electron chi connectivity index (χ0n) is 12.5. The van der Waals surface area contributed by atoms with Crippen LogP contribution in [0.25, 0.3) is 0 Å². The van der Waals surface area contributed by atoms with Gasteiger partial charge in [-0.1, -0.05) is 37.0 Å². The highest BCUT2D eigenvalue weighted by Crippen LogP contribution is 2.27. The van der Waals surface area contributed by atoms with E-state index in [1.807, 2.05) is 13.8 Å². The molecule has 4 nitrogen and oxygen atoms in total. The Morgan fingerprint density at radius 3 is 2.71 bits per heavy atom. The summed E-state index contributed by atoms with van der Waals surface area (Å²) in [6.45, 7) is 5.72. The van der Waals surface area contributed by atoms with E-state index in [4.69, 9.17) is 27.9 Å². The first-order valence-corrected chi connectivity index (χ1v) is 7.52. The molecule has 0 aliphatic heterocycles. The van der Waals surface area contributed by atoms with E-state index in [0.29, 0.717) is 28.1 Å². The fourth-order valence-corrected chi connectivity index (χ4v) is 2.36. The number of nitrogens with one attached hydrogen (secondary N) is 1. The maximum Gasteiger partial charge on any atom is 0.258 e. The molecule has 0 aromatic heterocycles. The molecule has 0 saturated carbocycles. The summed E-state index contributed by atoms with van der Waals surface area (Å²) in [5, 5.41) is 13.6. The highest BCUT2D eigenvalue weighted by atomic mass is 35.5. The molecule has 0 spiro atoms. The van der Waals surface area contributed by atoms with Crippen LogP contribution in [-0.4, -0.2) is 29.8 Å². The second kappa shape index (κ2) is 7.87. The van der Waals surface area contributed by atoms with Gasteiger partial charge in [0.2, 0.25) is 0 Å². The lowest BCUT2D eigenvalue weighted by Crippen LogP contribution is -2.43. The van der Waals surface area contributed by atoms with Crippen LogP contribution in [0.4, 0.5) is 0 Å². The molecule has 1 amide bonds. The van der Waals surface area contributed by atoms with Gasteiger partial charge in [-0.15, -0.1) is 0 Å². The van der Waals surface area contributed by atoms with E-state index in [0.717, 1.165) is 0 Å². The molecular weight excluding hydrogens is 313 g/mol. The van der Waals surface area contributed by atoms with E-state index in [-0.39, 0.29) is 19.1 Å². The number of carbonyl (C=O) groups excluding carboxylic acids is 1. The molecule has 2 N–H and O–H groups in total. The molecule has 0 saturated heterocycles. The van der Waals surface area contributed by atoms with Gasteiger partial charge in [0.05, 0.1) is 10.6 Å². The molecule has 1 rings (SSSR count). The molecule has 0 aliphatic carbocycles. The average molecular weight is 334 g/mol. The Bertz CT molecular complexity index is 490. The van der Waals surface area contributed by atoms with Gasteiger partial charge in [-0.3, -0.25) is 4.79 Å². The van der Waals surface area contributed by atoms with Gasteiger partial charge in [0.25, 0.3) is 5.91 Å². The van der Waals surface area contributed by atoms with Crippen LogP contribution in [-0.2, 0) is 4.79 Å². The lowest BCUT2D eigenvalue weighted by Gasteiger charge is -2.25. The van der Waals surface area contributed by atoms with Crippen molar-refractivity contribution in [2.24, 2.45) is 5.92 Å². The van der Waals surface area contributed by atoms with Gasteiger partial charge < -0.3 is 15.2 Å². The maximum absolute atomic E-state index is 11.7. The van der Waals surface area contributed by atoms with Crippen LogP contribution in [0, 0.1) is 5.92 Å². The molecule has 1 unspecified atom stereocenters. The topological polar surface area (TPSA) is 58.6 Å². The molecule has 0 heterocycles. The summed E-state index contributed by atoms with van der Waals surface area (Å²) in [5.74, 6) is 0.377. The molecule has 1 aromatic carbocycles. The summed E-state index contributed by atoms with van der Waals surface area (Å²) < 4.78 is 5.32. The minimum absolute atomic E-state index is 0.177. The maximum atomic E-state index is 11.7. The van der Waals surface area contributed by atoms with Gasteiger partial charge in [-0.25, -0.2) is 0 Å². The van der Waals surface area contributed by atoms with Crippen LogP contribution in [0.3, 0.4) is 0 Å². The second-order valence-electron chi connectivity index (χ2n) is 5.74. The van der Waals surface area contributed by atoms with E-state index < -0.39 is 5.60 Å². The van der Waals surface area contributed by atoms with Crippen LogP contribution >= 0.6 is 23.2 Å². The van der Waals surface area contributed by atoms with Gasteiger partial charge in [-0.2, -0.15) is 0 Å². The van der Waals surface area contributed by atoms with Crippen LogP contribution in [0.2, 0.25) is 10.0 Å². The molecule has 118 valence electrons. The summed E-state index contributed by atoms with van der Waals surface area (Å²) in [7, 11) is 0. The summed E-state index contributed by atoms with van der Waals surface area (Å²) >= 11 is 11.8. The highest BCUT2D eigenvalue weighted by molar-refractivity contribution is 6.34. The standard InChI is InChI=1S/C15H21Cl2NO3/c1-10(2)7-15(3,20)9-18-14(19)8-21-13-6-11(16)4-5-12(13)17/h4-6,10,20H,7-9H2,1-3H3,(H,18,19). The SMILES string of the molecule is CC(C)CC(C)(O)CNC(=O)COc1cc(Cl)ccc1Cl. The Hall–Kier alpha value is -0.970. The zero-order chi connectivity index (χ0) is 16.0. The van der Waals surface area contributed by atoms with Crippen molar-refractivity contribution in [1.29, 1.82) is 0 Å². The number of aliphatic hydroxyl groups is 1. The number of hydrogen-bond donors (Lipinski definition) is 2. The molecule has 6 heteroatoms. The van der Waals surface area contributed by atoms with E-state index in [1.165, 1.54) is 0 Å². The number of ether oxygens (including phenoxy) is 1. The quantitative estimate of drug-likeness (QED) is 0.804. The normalized spacial score (nSPS) is 13.9. The second-order valence-corrected chi connectivity index (χ2v) is 6.58. The molecule has 0 fully saturated rings. The van der Waals surface area contributed by atoms with Crippen LogP contribution < -0.4 is 10.1 Å². The largest absolute Gasteiger partial charge is 0.482 e. The smallest absolute Gasteiger partial charge is 0.258 e. The van der Waals surface area contributed by atoms with Gasteiger partial charge in [0, 0.05) is 17.6 Å². The lowest BCUT2D eigenvalue weighted by molar-refractivity contribution is -0.124. The number of rotatable bonds is 7. The Morgan fingerprint density at radius 1 is 1.43 bits per heavy atom. The summed E-state index contributed by atoms with van der Waals surface area (Å²) in [4.78, 5) is 11.7. The molecule has 1 atom stereocenters. The van der Waals surface area contributed by atoms with Crippen molar-refractivity contribution >= 4 is 29.1 Å². The number of benzene rings is 1. The molecule has 0 radical (unpaired) electrons. The third-order valence-corrected chi connectivity index (χ3v) is 3.31. The first-order valence-electron chi connectivity index (χ1n) is 6.76. The predicted molar refractivity (Wildman–Crippen MR) is 85.0 cm³/mol. The Balaban J connectivity index is 2.42. The van der Waals surface area contributed by atoms with Crippen molar-refractivity contribution < 1.29 is 14.6 Å². The van der Waals surface area contributed by atoms with Gasteiger partial charge in [0.1, 0.15) is 5.75 Å². The van der Waals surface area contributed by atoms with Crippen molar-refractivity contribution in [3.63, 3.8) is 0 Å². The number of carbonyl (C=O) groups is 1. The molecular formula is C15H21Cl2NO3. The van der Waals surface area contributed by atoms with Crippen molar-refractivity contribution in [2.75, 3.05) is 13.2 Å². The van der Waals surface area contributed by atoms with Gasteiger partial charge >= 0.3 is 0 Å². The van der Waals surface area contributed by atoms with E-state index in [9.17, 15) is 9.90 Å². The van der Waals surface area contributed by atoms with Crippen LogP contribution in [0.1, 0.15) is 27.2 Å². The molecule has 0 aliphatic rings. The summed E-state index contributed by atoms with van der Waals surface area (Å²) in [6.07, 6.45) is 0.605. The molecule has 21 heavy (non-hydrogen) atoms. The van der Waals surface area contributed by atoms with Gasteiger partial charge in [-0.05, 0) is 31.4 Å². The predicted octanol–water partition coefficient (Wildman–Crippen LogP) is 3.29. The number of halogens is 2. The van der Waals surface area contributed by atoms with Crippen LogP contribution in [0.5, 0.6) is 5.75 Å². The fourth-order valence-electron chi connectivity index (χ4n) is 2.02. The van der Waals surface area contributed by atoms with Crippen molar-refractivity contribution in [3.05, 3.63) is 28.2 Å². The first kappa shape index (κ1) is 18.1. The Labute approximate surface area is 135 Å². The van der Waals surface area contributed by atoms with Gasteiger partial charge in [0.15, 0.2) is 6.61 Å². The van der Waals surface area contributed by atoms with Crippen molar-refractivity contribution in [1.82, 2.24) is 5.32 Å². The number of amides is 1. The Kier molecular flexibility index (Phi) is 6.78. The monoisotopic (exact) mass is 333 g/mol. The zero-order valence-corrected chi connectivity index (χ0v) is 14.0. The number of hydrogen-bond acceptors (Lipinski definition) is 3. The first-order chi connectivity index (χ1) is 9.69. The molecule has 0 bridgehead atoms. The Morgan fingerprint density at radius 2 is 2.10 bits per heavy atom. The molecule has 1 aromatic rings. The van der Waals surface area contributed by atoms with E-state index in [1.54, 1.807) is 25.1 Å².